The molecule has 60 heavy (non-hydrogen) atoms. The molecule has 0 fully saturated rings. The molecule has 1 N–H and O–H groups in total. The number of benzene rings is 5. The summed E-state index contributed by atoms with van der Waals surface area (Å²) in [6, 6.07) is 29.4. The van der Waals surface area contributed by atoms with Crippen molar-refractivity contribution in [3.63, 3.8) is 0 Å². The number of rotatable bonds is 12. The maximum absolute atomic E-state index is 13.4. The first-order valence-electron chi connectivity index (χ1n) is 18.1. The van der Waals surface area contributed by atoms with Crippen LogP contribution in [0.3, 0.4) is 0 Å². The van der Waals surface area contributed by atoms with Crippen molar-refractivity contribution in [2.75, 3.05) is 18.0 Å². The molecular weight excluding hydrogens is 825 g/mol. The molecule has 0 saturated carbocycles. The SMILES string of the molecule is CCN(CC)c1ccc2cc(-c3oc4ccc(/C=C/c5cc(/C=C/c6ccc(S(=O)(=O)[O-])cc6)cc(/C=C/c6ccc(S(=O)(=O)O)cc6)c5)cc4c(=O)c3[O-])oc2c1.[Na+].[Na+]. The van der Waals surface area contributed by atoms with Gasteiger partial charge >= 0.3 is 59.1 Å². The van der Waals surface area contributed by atoms with Gasteiger partial charge in [0.25, 0.3) is 10.1 Å². The molecule has 5 aromatic carbocycles. The van der Waals surface area contributed by atoms with Crippen LogP contribution in [0.1, 0.15) is 47.2 Å². The van der Waals surface area contributed by atoms with Gasteiger partial charge in [-0.25, -0.2) is 8.42 Å². The third-order valence-corrected chi connectivity index (χ3v) is 11.2. The van der Waals surface area contributed by atoms with Gasteiger partial charge in [-0.3, -0.25) is 9.35 Å². The van der Waals surface area contributed by atoms with Gasteiger partial charge in [0.15, 0.2) is 16.9 Å². The molecule has 294 valence electrons. The van der Waals surface area contributed by atoms with Crippen molar-refractivity contribution in [3.05, 3.63) is 153 Å². The minimum atomic E-state index is -4.58. The Labute approximate surface area is 391 Å². The number of hydrogen-bond donors (Lipinski definition) is 1. The first-order valence-corrected chi connectivity index (χ1v) is 20.9. The Balaban J connectivity index is 0.00000341. The Morgan fingerprint density at radius 2 is 1.10 bits per heavy atom. The Morgan fingerprint density at radius 3 is 1.62 bits per heavy atom. The molecule has 0 aliphatic carbocycles. The molecule has 0 aliphatic heterocycles. The first kappa shape index (κ1) is 46.6. The maximum Gasteiger partial charge on any atom is 1.00 e. The van der Waals surface area contributed by atoms with Crippen molar-refractivity contribution in [1.82, 2.24) is 0 Å². The average Bonchev–Trinajstić information content (AvgIpc) is 3.63. The number of fused-ring (bicyclic) bond motifs is 2. The molecule has 7 rings (SSSR count). The van der Waals surface area contributed by atoms with Gasteiger partial charge in [0.05, 0.1) is 15.2 Å². The minimum absolute atomic E-state index is 0. The Morgan fingerprint density at radius 1 is 0.600 bits per heavy atom. The summed E-state index contributed by atoms with van der Waals surface area (Å²) in [7, 11) is -8.92. The van der Waals surface area contributed by atoms with E-state index in [1.165, 1.54) is 36.4 Å². The Kier molecular flexibility index (Phi) is 15.1. The van der Waals surface area contributed by atoms with Crippen LogP contribution >= 0.6 is 0 Å². The quantitative estimate of drug-likeness (QED) is 0.108. The number of hydrogen-bond acceptors (Lipinski definition) is 10. The molecule has 11 nitrogen and oxygen atoms in total. The fraction of sp³-hybridized carbons (Fsp3) is 0.0889. The number of nitrogens with zero attached hydrogens (tertiary/aromatic N) is 1. The smallest absolute Gasteiger partial charge is 0.867 e. The molecule has 0 saturated heterocycles. The summed E-state index contributed by atoms with van der Waals surface area (Å²) in [6.45, 7) is 5.76. The van der Waals surface area contributed by atoms with E-state index in [1.54, 1.807) is 54.6 Å². The molecule has 0 amide bonds. The molecule has 0 radical (unpaired) electrons. The Hall–Kier alpha value is -4.51. The molecule has 0 unspecified atom stereocenters. The van der Waals surface area contributed by atoms with Gasteiger partial charge in [-0.15, -0.1) is 0 Å². The van der Waals surface area contributed by atoms with Gasteiger partial charge < -0.3 is 23.4 Å². The van der Waals surface area contributed by atoms with Crippen molar-refractivity contribution in [2.24, 2.45) is 0 Å². The van der Waals surface area contributed by atoms with Crippen LogP contribution in [0, 0.1) is 0 Å². The topological polar surface area (TPSA) is 181 Å². The van der Waals surface area contributed by atoms with E-state index < -0.39 is 31.4 Å². The van der Waals surface area contributed by atoms with Crippen LogP contribution in [-0.2, 0) is 20.2 Å². The van der Waals surface area contributed by atoms with Crippen molar-refractivity contribution in [2.45, 2.75) is 23.6 Å². The van der Waals surface area contributed by atoms with Crippen LogP contribution in [0.4, 0.5) is 5.69 Å². The van der Waals surface area contributed by atoms with Crippen LogP contribution in [0.25, 0.3) is 69.9 Å². The summed E-state index contributed by atoms with van der Waals surface area (Å²) in [4.78, 5) is 15.1. The van der Waals surface area contributed by atoms with Crippen LogP contribution < -0.4 is 74.5 Å². The van der Waals surface area contributed by atoms with Crippen LogP contribution in [0.2, 0.25) is 0 Å². The van der Waals surface area contributed by atoms with Crippen molar-refractivity contribution in [3.8, 4) is 17.3 Å². The largest absolute Gasteiger partial charge is 1.00 e. The summed E-state index contributed by atoms with van der Waals surface area (Å²) >= 11 is 0. The van der Waals surface area contributed by atoms with E-state index in [-0.39, 0.29) is 91.4 Å². The van der Waals surface area contributed by atoms with Gasteiger partial charge in [-0.1, -0.05) is 66.8 Å². The number of furan rings is 1. The molecule has 0 spiro atoms. The molecule has 0 atom stereocenters. The molecule has 7 aromatic rings. The zero-order chi connectivity index (χ0) is 41.2. The second-order valence-corrected chi connectivity index (χ2v) is 16.2. The van der Waals surface area contributed by atoms with Crippen LogP contribution in [0.5, 0.6) is 5.75 Å². The van der Waals surface area contributed by atoms with Crippen LogP contribution in [0.15, 0.2) is 133 Å². The van der Waals surface area contributed by atoms with E-state index in [9.17, 15) is 35.8 Å². The van der Waals surface area contributed by atoms with Gasteiger partial charge in [0.2, 0.25) is 0 Å². The maximum atomic E-state index is 13.4. The van der Waals surface area contributed by atoms with Crippen molar-refractivity contribution < 1.29 is 99.0 Å². The summed E-state index contributed by atoms with van der Waals surface area (Å²) in [5.74, 6) is -0.821. The first-order chi connectivity index (χ1) is 27.7. The second-order valence-electron chi connectivity index (χ2n) is 13.4. The average molecular weight is 860 g/mol. The van der Waals surface area contributed by atoms with E-state index in [4.69, 9.17) is 8.83 Å². The van der Waals surface area contributed by atoms with Gasteiger partial charge in [-0.2, -0.15) is 8.42 Å². The Bertz CT molecular complexity index is 2950. The van der Waals surface area contributed by atoms with Gasteiger partial charge in [0.1, 0.15) is 21.3 Å². The van der Waals surface area contributed by atoms with Crippen molar-refractivity contribution >= 4 is 84.3 Å². The zero-order valence-electron chi connectivity index (χ0n) is 33.2. The fourth-order valence-electron chi connectivity index (χ4n) is 6.44. The van der Waals surface area contributed by atoms with E-state index in [0.29, 0.717) is 22.3 Å². The molecule has 0 aliphatic rings. The molecule has 15 heteroatoms. The summed E-state index contributed by atoms with van der Waals surface area (Å²) in [6.07, 6.45) is 10.8. The van der Waals surface area contributed by atoms with E-state index in [0.717, 1.165) is 40.9 Å². The molecular formula is C45H35NNa2O10S2. The molecule has 2 heterocycles. The predicted molar refractivity (Wildman–Crippen MR) is 225 cm³/mol. The third kappa shape index (κ3) is 10.9. The van der Waals surface area contributed by atoms with Gasteiger partial charge in [0, 0.05) is 30.2 Å². The summed E-state index contributed by atoms with van der Waals surface area (Å²) in [5.41, 5.74) is 5.32. The van der Waals surface area contributed by atoms with Crippen LogP contribution in [-0.4, -0.2) is 39.0 Å². The number of anilines is 1. The monoisotopic (exact) mass is 859 g/mol. The standard InChI is InChI=1S/C45H37NO10S2.2Na/c1-3-46(4-2)36-17-16-35-27-42(55-41(35)28-36)45-44(48)43(47)39-26-31(15-22-40(39)56-45)7-10-34-24-32(8-5-29-11-18-37(19-12-29)57(49,50)51)23-33(25-34)9-6-30-13-20-38(21-14-30)58(52,53)54;;/h5-28,48H,3-4H2,1-2H3,(H,49,50,51)(H,52,53,54);;/q;2*+1/p-2/b8-5+,9-6+,10-7+;;. The molecule has 0 bridgehead atoms. The fourth-order valence-corrected chi connectivity index (χ4v) is 7.39. The second kappa shape index (κ2) is 19.5. The predicted octanol–water partition coefficient (Wildman–Crippen LogP) is 2.80. The van der Waals surface area contributed by atoms with E-state index in [2.05, 4.69) is 18.7 Å². The van der Waals surface area contributed by atoms with Gasteiger partial charge in [-0.05, 0) is 126 Å². The minimum Gasteiger partial charge on any atom is -0.867 e. The van der Waals surface area contributed by atoms with E-state index >= 15 is 0 Å². The summed E-state index contributed by atoms with van der Waals surface area (Å²) < 4.78 is 78.3. The zero-order valence-corrected chi connectivity index (χ0v) is 38.8. The third-order valence-electron chi connectivity index (χ3n) is 9.48. The van der Waals surface area contributed by atoms with Crippen molar-refractivity contribution in [1.29, 1.82) is 0 Å². The van der Waals surface area contributed by atoms with E-state index in [1.807, 2.05) is 54.6 Å². The summed E-state index contributed by atoms with van der Waals surface area (Å²) in [5, 5.41) is 14.2. The molecule has 2 aromatic heterocycles. The normalized spacial score (nSPS) is 12.1.